The first kappa shape index (κ1) is 52.1. The maximum absolute atomic E-state index is 7.34. The first-order chi connectivity index (χ1) is 38.7. The lowest BCUT2D eigenvalue weighted by Crippen LogP contribution is -2.29. The topological polar surface area (TPSA) is 32.8 Å². The predicted octanol–water partition coefficient (Wildman–Crippen LogP) is 21.8. The highest BCUT2D eigenvalue weighted by Crippen LogP contribution is 2.62. The second-order valence-corrected chi connectivity index (χ2v) is 26.9. The van der Waals surface area contributed by atoms with Crippen LogP contribution in [0.3, 0.4) is 0 Å². The Morgan fingerprint density at radius 1 is 0.407 bits per heavy atom. The van der Waals surface area contributed by atoms with E-state index < -0.39 is 5.41 Å². The van der Waals surface area contributed by atoms with Crippen LogP contribution < -0.4 is 9.80 Å². The first-order valence-electron chi connectivity index (χ1n) is 29.1. The van der Waals surface area contributed by atoms with Crippen molar-refractivity contribution in [2.45, 2.75) is 123 Å². The number of anilines is 6. The molecule has 4 heteroatoms. The average Bonchev–Trinajstić information content (AvgIpc) is 2.62. The van der Waals surface area contributed by atoms with Crippen LogP contribution in [0.15, 0.2) is 209 Å². The van der Waals surface area contributed by atoms with Crippen molar-refractivity contribution in [3.05, 3.63) is 256 Å². The van der Waals surface area contributed by atoms with Crippen molar-refractivity contribution in [3.63, 3.8) is 0 Å². The molecule has 81 heavy (non-hydrogen) atoms. The molecule has 404 valence electrons. The van der Waals surface area contributed by atoms with Gasteiger partial charge in [-0.2, -0.15) is 0 Å². The summed E-state index contributed by atoms with van der Waals surface area (Å²) in [4.78, 5) is 4.83. The number of para-hydroxylation sites is 2. The van der Waals surface area contributed by atoms with Gasteiger partial charge in [0.05, 0.1) is 16.8 Å². The van der Waals surface area contributed by atoms with Gasteiger partial charge in [0.15, 0.2) is 11.2 Å². The summed E-state index contributed by atoms with van der Waals surface area (Å²) in [6.45, 7) is 27.4. The Morgan fingerprint density at radius 3 is 1.43 bits per heavy atom. The van der Waals surface area contributed by atoms with E-state index in [4.69, 9.17) is 8.83 Å². The summed E-state index contributed by atoms with van der Waals surface area (Å²) in [5, 5.41) is 3.30. The maximum atomic E-state index is 7.34. The van der Waals surface area contributed by atoms with Crippen molar-refractivity contribution in [1.29, 1.82) is 0 Å². The van der Waals surface area contributed by atoms with E-state index in [1.807, 2.05) is 0 Å². The van der Waals surface area contributed by atoms with Gasteiger partial charge in [-0.3, -0.25) is 0 Å². The zero-order chi connectivity index (χ0) is 56.4. The Balaban J connectivity index is 1.11. The molecule has 9 aromatic carbocycles. The Labute approximate surface area is 479 Å². The van der Waals surface area contributed by atoms with Gasteiger partial charge in [0.1, 0.15) is 11.3 Å². The van der Waals surface area contributed by atoms with Gasteiger partial charge in [0.2, 0.25) is 0 Å². The smallest absolute Gasteiger partial charge is 0.160 e. The van der Waals surface area contributed by atoms with Crippen LogP contribution in [-0.4, -0.2) is 0 Å². The van der Waals surface area contributed by atoms with Crippen LogP contribution in [0.2, 0.25) is 0 Å². The van der Waals surface area contributed by atoms with Gasteiger partial charge in [0, 0.05) is 50.9 Å². The van der Waals surface area contributed by atoms with E-state index in [9.17, 15) is 0 Å². The third-order valence-electron chi connectivity index (χ3n) is 17.5. The zero-order valence-corrected chi connectivity index (χ0v) is 49.3. The number of allylic oxidation sites excluding steroid dienone is 1. The van der Waals surface area contributed by atoms with Crippen molar-refractivity contribution in [2.75, 3.05) is 9.80 Å². The number of hydrogen-bond acceptors (Lipinski definition) is 4. The molecular weight excluding hydrogens is 985 g/mol. The van der Waals surface area contributed by atoms with Gasteiger partial charge in [0.25, 0.3) is 0 Å². The molecule has 11 aromatic rings. The second kappa shape index (κ2) is 18.9. The molecule has 13 rings (SSSR count). The second-order valence-electron chi connectivity index (χ2n) is 26.9. The highest BCUT2D eigenvalue weighted by Gasteiger charge is 2.48. The fourth-order valence-corrected chi connectivity index (χ4v) is 13.0. The third kappa shape index (κ3) is 8.64. The van der Waals surface area contributed by atoms with Crippen molar-refractivity contribution >= 4 is 73.1 Å². The van der Waals surface area contributed by atoms with Crippen molar-refractivity contribution in [3.8, 4) is 11.1 Å². The van der Waals surface area contributed by atoms with E-state index >= 15 is 0 Å². The lowest BCUT2D eigenvalue weighted by molar-refractivity contribution is 0.546. The number of furan rings is 2. The molecule has 0 spiro atoms. The summed E-state index contributed by atoms with van der Waals surface area (Å²) in [5.41, 5.74) is 21.5. The number of nitrogens with zero attached hydrogens (tertiary/aromatic N) is 2. The standard InChI is InChI=1S/C77H74N2O2/c1-73(2,3)49-28-30-53(31-29-49)77(54-38-46-57(47-39-54)78(55-40-32-50(33-41-55)74(4,5)6)56-42-34-51(35-43-56)75(7,8)9)63-24-16-13-21-61(63)69-64(77)48-66(72-70(69)62-22-15-18-27-68(62)81-72)79(58-44-36-52(37-45-58)76(10,11)12)65-25-19-23-60-59-20-14-17-26-67(59)80-71(60)65/h13-16,18-25,27-48H,17,26H2,1-12H3. The number of hydrogen-bond donors (Lipinski definition) is 0. The molecule has 4 nitrogen and oxygen atoms in total. The van der Waals surface area contributed by atoms with Gasteiger partial charge in [-0.25, -0.2) is 0 Å². The van der Waals surface area contributed by atoms with Crippen LogP contribution in [0.4, 0.5) is 34.1 Å². The molecular formula is C77H74N2O2. The van der Waals surface area contributed by atoms with Crippen LogP contribution in [0.5, 0.6) is 0 Å². The number of benzene rings is 9. The Kier molecular flexibility index (Phi) is 12.1. The van der Waals surface area contributed by atoms with Crippen LogP contribution >= 0.6 is 0 Å². The molecule has 2 aliphatic rings. The minimum atomic E-state index is -0.780. The Bertz CT molecular complexity index is 4160. The maximum Gasteiger partial charge on any atom is 0.160 e. The Hall–Kier alpha value is -8.34. The van der Waals surface area contributed by atoms with E-state index in [1.54, 1.807) is 0 Å². The molecule has 1 unspecified atom stereocenters. The molecule has 0 N–H and O–H groups in total. The van der Waals surface area contributed by atoms with Gasteiger partial charge in [-0.05, 0) is 150 Å². The van der Waals surface area contributed by atoms with Crippen LogP contribution in [-0.2, 0) is 33.5 Å². The summed E-state index contributed by atoms with van der Waals surface area (Å²) in [6.07, 6.45) is 6.34. The van der Waals surface area contributed by atoms with Crippen molar-refractivity contribution < 1.29 is 8.83 Å². The molecule has 2 aliphatic carbocycles. The number of rotatable bonds is 8. The van der Waals surface area contributed by atoms with Crippen LogP contribution in [0, 0.1) is 0 Å². The minimum Gasteiger partial charge on any atom is -0.458 e. The zero-order valence-electron chi connectivity index (χ0n) is 49.3. The lowest BCUT2D eigenvalue weighted by atomic mass is 9.67. The summed E-state index contributed by atoms with van der Waals surface area (Å²) < 4.78 is 14.4. The Morgan fingerprint density at radius 2 is 0.877 bits per heavy atom. The molecule has 2 heterocycles. The van der Waals surface area contributed by atoms with Gasteiger partial charge in [-0.1, -0.05) is 223 Å². The minimum absolute atomic E-state index is 0.0257. The molecule has 0 saturated heterocycles. The van der Waals surface area contributed by atoms with Crippen LogP contribution in [0.25, 0.3) is 50.1 Å². The quantitative estimate of drug-likeness (QED) is 0.152. The molecule has 0 bridgehead atoms. The third-order valence-corrected chi connectivity index (χ3v) is 17.5. The molecule has 0 radical (unpaired) electrons. The SMILES string of the molecule is CC(C)(C)c1ccc(N(c2ccc(C(C)(C)C)cc2)c2ccc(C3(c4ccc(C(C)(C)C)cc4)c4ccccc4-c4c3cc(N(c3ccc(C(C)(C)C)cc3)c3cccc5c6c(oc35)CCC=C6)c3oc5ccccc5c43)cc2)cc1. The lowest BCUT2D eigenvalue weighted by Gasteiger charge is -2.36. The largest absolute Gasteiger partial charge is 0.458 e. The normalized spacial score (nSPS) is 15.3. The van der Waals surface area contributed by atoms with E-state index in [0.29, 0.717) is 0 Å². The van der Waals surface area contributed by atoms with E-state index in [-0.39, 0.29) is 21.7 Å². The monoisotopic (exact) mass is 1060 g/mol. The molecule has 0 aliphatic heterocycles. The average molecular weight is 1060 g/mol. The highest BCUT2D eigenvalue weighted by atomic mass is 16.3. The summed E-state index contributed by atoms with van der Waals surface area (Å²) >= 11 is 0. The van der Waals surface area contributed by atoms with Gasteiger partial charge in [-0.15, -0.1) is 0 Å². The fourth-order valence-electron chi connectivity index (χ4n) is 13.0. The van der Waals surface area contributed by atoms with E-state index in [1.165, 1.54) is 61.2 Å². The van der Waals surface area contributed by atoms with Crippen LogP contribution in [0.1, 0.15) is 145 Å². The number of aryl methyl sites for hydroxylation is 1. The van der Waals surface area contributed by atoms with Crippen molar-refractivity contribution in [2.24, 2.45) is 0 Å². The van der Waals surface area contributed by atoms with E-state index in [2.05, 4.69) is 299 Å². The fraction of sp³-hybridized carbons (Fsp3) is 0.247. The molecule has 2 aromatic heterocycles. The van der Waals surface area contributed by atoms with E-state index in [0.717, 1.165) is 85.6 Å². The number of fused-ring (bicyclic) bond motifs is 10. The molecule has 0 amide bonds. The molecule has 0 fully saturated rings. The molecule has 1 atom stereocenters. The summed E-state index contributed by atoms with van der Waals surface area (Å²) in [5.74, 6) is 1.03. The van der Waals surface area contributed by atoms with Gasteiger partial charge >= 0.3 is 0 Å². The first-order valence-corrected chi connectivity index (χ1v) is 29.1. The van der Waals surface area contributed by atoms with Crippen molar-refractivity contribution in [1.82, 2.24) is 0 Å². The summed E-state index contributed by atoms with van der Waals surface area (Å²) in [7, 11) is 0. The summed E-state index contributed by atoms with van der Waals surface area (Å²) in [6, 6.07) is 73.4. The molecule has 0 saturated carbocycles. The van der Waals surface area contributed by atoms with Gasteiger partial charge < -0.3 is 18.6 Å². The predicted molar refractivity (Wildman–Crippen MR) is 342 cm³/mol. The highest BCUT2D eigenvalue weighted by molar-refractivity contribution is 6.20.